The fourth-order valence-corrected chi connectivity index (χ4v) is 2.24. The van der Waals surface area contributed by atoms with E-state index in [0.29, 0.717) is 10.7 Å². The molecule has 0 spiro atoms. The first-order valence-electron chi connectivity index (χ1n) is 7.56. The average molecular weight is 350 g/mol. The second kappa shape index (κ2) is 8.52. The summed E-state index contributed by atoms with van der Waals surface area (Å²) >= 11 is 6.00. The first kappa shape index (κ1) is 18.0. The lowest BCUT2D eigenvalue weighted by molar-refractivity contribution is -0.123. The molecule has 6 nitrogen and oxygen atoms in total. The number of halogens is 1. The molecule has 1 aromatic heterocycles. The Bertz CT molecular complexity index is 701. The van der Waals surface area contributed by atoms with Crippen LogP contribution in [0.2, 0.25) is 5.02 Å². The highest BCUT2D eigenvalue weighted by Crippen LogP contribution is 2.22. The van der Waals surface area contributed by atoms with E-state index in [-0.39, 0.29) is 30.9 Å². The van der Waals surface area contributed by atoms with Crippen molar-refractivity contribution in [3.8, 4) is 0 Å². The summed E-state index contributed by atoms with van der Waals surface area (Å²) in [5.41, 5.74) is 1.42. The molecule has 0 saturated heterocycles. The van der Waals surface area contributed by atoms with E-state index in [9.17, 15) is 9.59 Å². The summed E-state index contributed by atoms with van der Waals surface area (Å²) in [6, 6.07) is 8.79. The Morgan fingerprint density at radius 1 is 1.17 bits per heavy atom. The quantitative estimate of drug-likeness (QED) is 0.717. The van der Waals surface area contributed by atoms with Crippen LogP contribution in [0.3, 0.4) is 0 Å². The molecule has 24 heavy (non-hydrogen) atoms. The van der Waals surface area contributed by atoms with E-state index < -0.39 is 0 Å². The summed E-state index contributed by atoms with van der Waals surface area (Å²) in [6.45, 7) is 3.68. The Labute approximate surface area is 145 Å². The summed E-state index contributed by atoms with van der Waals surface area (Å²) < 4.78 is 5.24. The minimum Gasteiger partial charge on any atom is -0.468 e. The highest BCUT2D eigenvalue weighted by molar-refractivity contribution is 6.31. The number of furan rings is 1. The molecule has 1 aromatic carbocycles. The number of amides is 2. The molecule has 0 aliphatic rings. The molecule has 2 amide bonds. The Kier molecular flexibility index (Phi) is 6.40. The van der Waals surface area contributed by atoms with Gasteiger partial charge in [-0.3, -0.25) is 14.9 Å². The van der Waals surface area contributed by atoms with Crippen molar-refractivity contribution in [2.24, 2.45) is 0 Å². The lowest BCUT2D eigenvalue weighted by Crippen LogP contribution is -2.39. The number of nitrogens with one attached hydrogen (secondary N) is 3. The molecule has 7 heteroatoms. The van der Waals surface area contributed by atoms with E-state index in [4.69, 9.17) is 16.0 Å². The van der Waals surface area contributed by atoms with Crippen LogP contribution in [0, 0.1) is 6.92 Å². The SMILES string of the molecule is Cc1c(Cl)cccc1NC(=O)CNC(=O)CN[C@H](C)c1ccco1. The van der Waals surface area contributed by atoms with E-state index in [1.807, 2.05) is 19.9 Å². The van der Waals surface area contributed by atoms with Crippen LogP contribution in [0.4, 0.5) is 5.69 Å². The number of carbonyl (C=O) groups excluding carboxylic acids is 2. The zero-order valence-corrected chi connectivity index (χ0v) is 14.3. The second-order valence-electron chi connectivity index (χ2n) is 5.36. The van der Waals surface area contributed by atoms with E-state index in [1.165, 1.54) is 0 Å². The normalized spacial score (nSPS) is 11.8. The molecule has 0 bridgehead atoms. The molecular formula is C17H20ClN3O3. The van der Waals surface area contributed by atoms with Crippen LogP contribution in [0.25, 0.3) is 0 Å². The highest BCUT2D eigenvalue weighted by Gasteiger charge is 2.11. The van der Waals surface area contributed by atoms with Crippen LogP contribution in [0.15, 0.2) is 41.0 Å². The number of hydrogen-bond acceptors (Lipinski definition) is 4. The monoisotopic (exact) mass is 349 g/mol. The number of anilines is 1. The topological polar surface area (TPSA) is 83.4 Å². The van der Waals surface area contributed by atoms with Gasteiger partial charge in [0.25, 0.3) is 0 Å². The third-order valence-electron chi connectivity index (χ3n) is 3.53. The van der Waals surface area contributed by atoms with Gasteiger partial charge in [0.2, 0.25) is 11.8 Å². The molecule has 1 atom stereocenters. The van der Waals surface area contributed by atoms with E-state index in [2.05, 4.69) is 16.0 Å². The Hall–Kier alpha value is -2.31. The third kappa shape index (κ3) is 5.11. The lowest BCUT2D eigenvalue weighted by atomic mass is 10.2. The number of benzene rings is 1. The zero-order chi connectivity index (χ0) is 17.5. The van der Waals surface area contributed by atoms with Crippen molar-refractivity contribution in [3.05, 3.63) is 52.9 Å². The highest BCUT2D eigenvalue weighted by atomic mass is 35.5. The molecule has 1 heterocycles. The van der Waals surface area contributed by atoms with E-state index in [1.54, 1.807) is 30.5 Å². The smallest absolute Gasteiger partial charge is 0.243 e. The molecule has 128 valence electrons. The fraction of sp³-hybridized carbons (Fsp3) is 0.294. The van der Waals surface area contributed by atoms with Crippen LogP contribution in [-0.2, 0) is 9.59 Å². The van der Waals surface area contributed by atoms with Gasteiger partial charge in [-0.1, -0.05) is 17.7 Å². The van der Waals surface area contributed by atoms with Crippen molar-refractivity contribution in [3.63, 3.8) is 0 Å². The minimum atomic E-state index is -0.312. The molecule has 0 fully saturated rings. The van der Waals surface area contributed by atoms with E-state index >= 15 is 0 Å². The van der Waals surface area contributed by atoms with Crippen molar-refractivity contribution in [2.45, 2.75) is 19.9 Å². The average Bonchev–Trinajstić information content (AvgIpc) is 3.09. The molecule has 3 N–H and O–H groups in total. The van der Waals surface area contributed by atoms with Gasteiger partial charge in [0.15, 0.2) is 0 Å². The first-order valence-corrected chi connectivity index (χ1v) is 7.93. The van der Waals surface area contributed by atoms with Crippen LogP contribution in [0.1, 0.15) is 24.3 Å². The summed E-state index contributed by atoms with van der Waals surface area (Å²) in [7, 11) is 0. The maximum absolute atomic E-state index is 11.9. The molecule has 0 unspecified atom stereocenters. The standard InChI is InChI=1S/C17H20ClN3O3/c1-11-13(18)5-3-6-14(11)21-17(23)10-20-16(22)9-19-12(2)15-7-4-8-24-15/h3-8,12,19H,9-10H2,1-2H3,(H,20,22)(H,21,23)/t12-/m1/s1. The van der Waals surface area contributed by atoms with Gasteiger partial charge in [-0.05, 0) is 43.7 Å². The number of carbonyl (C=O) groups is 2. The second-order valence-corrected chi connectivity index (χ2v) is 5.76. The molecule has 0 aliphatic carbocycles. The van der Waals surface area contributed by atoms with E-state index in [0.717, 1.165) is 11.3 Å². The van der Waals surface area contributed by atoms with Gasteiger partial charge in [-0.2, -0.15) is 0 Å². The Morgan fingerprint density at radius 3 is 2.67 bits per heavy atom. The summed E-state index contributed by atoms with van der Waals surface area (Å²) in [5, 5.41) is 8.88. The Balaban J connectivity index is 1.73. The van der Waals surface area contributed by atoms with Gasteiger partial charge in [0, 0.05) is 10.7 Å². The predicted octanol–water partition coefficient (Wildman–Crippen LogP) is 2.65. The number of rotatable bonds is 7. The molecule has 0 radical (unpaired) electrons. The summed E-state index contributed by atoms with van der Waals surface area (Å²) in [5.74, 6) is 0.163. The molecule has 0 saturated carbocycles. The summed E-state index contributed by atoms with van der Waals surface area (Å²) in [4.78, 5) is 23.7. The minimum absolute atomic E-state index is 0.0886. The van der Waals surface area contributed by atoms with Crippen LogP contribution >= 0.6 is 11.6 Å². The maximum atomic E-state index is 11.9. The molecule has 0 aliphatic heterocycles. The third-order valence-corrected chi connectivity index (χ3v) is 3.94. The Morgan fingerprint density at radius 2 is 1.96 bits per heavy atom. The van der Waals surface area contributed by atoms with Crippen molar-refractivity contribution in [1.29, 1.82) is 0 Å². The van der Waals surface area contributed by atoms with Crippen LogP contribution < -0.4 is 16.0 Å². The lowest BCUT2D eigenvalue weighted by Gasteiger charge is -2.12. The maximum Gasteiger partial charge on any atom is 0.243 e. The van der Waals surface area contributed by atoms with Crippen molar-refractivity contribution >= 4 is 29.1 Å². The van der Waals surface area contributed by atoms with Crippen LogP contribution in [0.5, 0.6) is 0 Å². The first-order chi connectivity index (χ1) is 11.5. The van der Waals surface area contributed by atoms with Gasteiger partial charge < -0.3 is 15.1 Å². The van der Waals surface area contributed by atoms with Gasteiger partial charge in [0.1, 0.15) is 5.76 Å². The van der Waals surface area contributed by atoms with Crippen molar-refractivity contribution in [1.82, 2.24) is 10.6 Å². The molecule has 2 aromatic rings. The van der Waals surface area contributed by atoms with Crippen LogP contribution in [-0.4, -0.2) is 24.9 Å². The van der Waals surface area contributed by atoms with Crippen molar-refractivity contribution in [2.75, 3.05) is 18.4 Å². The molecular weight excluding hydrogens is 330 g/mol. The van der Waals surface area contributed by atoms with Crippen molar-refractivity contribution < 1.29 is 14.0 Å². The van der Waals surface area contributed by atoms with Gasteiger partial charge in [0.05, 0.1) is 25.4 Å². The largest absolute Gasteiger partial charge is 0.468 e. The van der Waals surface area contributed by atoms with Gasteiger partial charge in [-0.25, -0.2) is 0 Å². The number of hydrogen-bond donors (Lipinski definition) is 3. The zero-order valence-electron chi connectivity index (χ0n) is 13.6. The van der Waals surface area contributed by atoms with Gasteiger partial charge >= 0.3 is 0 Å². The van der Waals surface area contributed by atoms with Gasteiger partial charge in [-0.15, -0.1) is 0 Å². The fourth-order valence-electron chi connectivity index (χ4n) is 2.06. The molecule has 2 rings (SSSR count). The predicted molar refractivity (Wildman–Crippen MR) is 93.0 cm³/mol. The summed E-state index contributed by atoms with van der Waals surface area (Å²) in [6.07, 6.45) is 1.58.